The Kier molecular flexibility index (Phi) is 4.45. The smallest absolute Gasteiger partial charge is 0.146 e. The van der Waals surface area contributed by atoms with Gasteiger partial charge in [-0.3, -0.25) is 4.68 Å². The maximum absolute atomic E-state index is 13.9. The molecule has 1 aromatic carbocycles. The summed E-state index contributed by atoms with van der Waals surface area (Å²) in [6.45, 7) is 5.95. The van der Waals surface area contributed by atoms with E-state index < -0.39 is 11.9 Å². The molecule has 0 amide bonds. The molecule has 3 nitrogen and oxygen atoms in total. The average molecular weight is 297 g/mol. The van der Waals surface area contributed by atoms with Crippen LogP contribution in [0.25, 0.3) is 0 Å². The highest BCUT2D eigenvalue weighted by Gasteiger charge is 2.18. The zero-order chi connectivity index (χ0) is 14.9. The van der Waals surface area contributed by atoms with Crippen LogP contribution in [0.4, 0.5) is 4.39 Å². The van der Waals surface area contributed by atoms with Gasteiger partial charge in [0.15, 0.2) is 0 Å². The van der Waals surface area contributed by atoms with Gasteiger partial charge in [0.05, 0.1) is 23.4 Å². The molecular weight excluding hydrogens is 279 g/mol. The third kappa shape index (κ3) is 2.72. The monoisotopic (exact) mass is 296 g/mol. The largest absolute Gasteiger partial charge is 0.388 e. The van der Waals surface area contributed by atoms with E-state index in [0.29, 0.717) is 18.5 Å². The number of rotatable bonds is 4. The van der Waals surface area contributed by atoms with E-state index in [2.05, 4.69) is 5.10 Å². The van der Waals surface area contributed by atoms with E-state index in [1.807, 2.05) is 20.8 Å². The maximum Gasteiger partial charge on any atom is 0.146 e. The van der Waals surface area contributed by atoms with Crippen molar-refractivity contribution in [2.75, 3.05) is 0 Å². The molecule has 1 aromatic heterocycles. The second kappa shape index (κ2) is 5.94. The summed E-state index contributed by atoms with van der Waals surface area (Å²) < 4.78 is 15.6. The highest BCUT2D eigenvalue weighted by Crippen LogP contribution is 2.25. The molecule has 0 aliphatic carbocycles. The van der Waals surface area contributed by atoms with E-state index in [9.17, 15) is 9.50 Å². The summed E-state index contributed by atoms with van der Waals surface area (Å²) >= 11 is 5.78. The molecule has 0 radical (unpaired) electrons. The molecule has 108 valence electrons. The second-order valence-electron chi connectivity index (χ2n) is 4.88. The van der Waals surface area contributed by atoms with Crippen molar-refractivity contribution < 1.29 is 9.50 Å². The Balaban J connectivity index is 2.38. The summed E-state index contributed by atoms with van der Waals surface area (Å²) in [6, 6.07) is 4.93. The zero-order valence-electron chi connectivity index (χ0n) is 11.8. The minimum Gasteiger partial charge on any atom is -0.388 e. The quantitative estimate of drug-likeness (QED) is 0.932. The predicted molar refractivity (Wildman–Crippen MR) is 77.5 cm³/mol. The molecule has 1 heterocycles. The van der Waals surface area contributed by atoms with Gasteiger partial charge in [-0.15, -0.1) is 0 Å². The van der Waals surface area contributed by atoms with Crippen LogP contribution in [0.15, 0.2) is 18.2 Å². The fourth-order valence-corrected chi connectivity index (χ4v) is 2.58. The zero-order valence-corrected chi connectivity index (χ0v) is 12.6. The van der Waals surface area contributed by atoms with Crippen molar-refractivity contribution in [3.05, 3.63) is 51.6 Å². The van der Waals surface area contributed by atoms with Crippen molar-refractivity contribution in [2.24, 2.45) is 0 Å². The van der Waals surface area contributed by atoms with Crippen molar-refractivity contribution in [1.29, 1.82) is 0 Å². The minimum absolute atomic E-state index is 0.109. The van der Waals surface area contributed by atoms with Crippen LogP contribution in [-0.2, 0) is 6.54 Å². The van der Waals surface area contributed by atoms with Crippen molar-refractivity contribution in [1.82, 2.24) is 9.78 Å². The number of hydrogen-bond acceptors (Lipinski definition) is 2. The molecule has 2 rings (SSSR count). The molecule has 0 aliphatic heterocycles. The van der Waals surface area contributed by atoms with Crippen molar-refractivity contribution in [3.8, 4) is 0 Å². The summed E-state index contributed by atoms with van der Waals surface area (Å²) in [5, 5.41) is 14.5. The van der Waals surface area contributed by atoms with Gasteiger partial charge < -0.3 is 5.11 Å². The number of nitrogens with zero attached hydrogens (tertiary/aromatic N) is 2. The Labute approximate surface area is 123 Å². The second-order valence-corrected chi connectivity index (χ2v) is 5.29. The molecule has 1 unspecified atom stereocenters. The molecule has 0 saturated heterocycles. The summed E-state index contributed by atoms with van der Waals surface area (Å²) in [7, 11) is 0. The third-order valence-corrected chi connectivity index (χ3v) is 3.80. The minimum atomic E-state index is -0.534. The number of aryl methyl sites for hydroxylation is 1. The average Bonchev–Trinajstić information content (AvgIpc) is 2.69. The van der Waals surface area contributed by atoms with Crippen LogP contribution < -0.4 is 0 Å². The van der Waals surface area contributed by atoms with Crippen LogP contribution in [0, 0.1) is 19.7 Å². The predicted octanol–water partition coefficient (Wildman–Crippen LogP) is 3.78. The number of halogens is 2. The Morgan fingerprint density at radius 3 is 2.75 bits per heavy atom. The molecule has 2 aromatic rings. The van der Waals surface area contributed by atoms with Gasteiger partial charge >= 0.3 is 0 Å². The molecule has 0 spiro atoms. The Hall–Kier alpha value is -1.39. The first-order chi connectivity index (χ1) is 9.45. The molecule has 20 heavy (non-hydrogen) atoms. The lowest BCUT2D eigenvalue weighted by Crippen LogP contribution is -2.07. The molecule has 0 aliphatic rings. The Morgan fingerprint density at radius 2 is 2.10 bits per heavy atom. The first-order valence-electron chi connectivity index (χ1n) is 6.60. The summed E-state index contributed by atoms with van der Waals surface area (Å²) in [5.74, 6) is -0.417. The van der Waals surface area contributed by atoms with E-state index in [1.165, 1.54) is 6.07 Å². The van der Waals surface area contributed by atoms with E-state index in [1.54, 1.807) is 16.8 Å². The van der Waals surface area contributed by atoms with Crippen molar-refractivity contribution in [3.63, 3.8) is 0 Å². The summed E-state index contributed by atoms with van der Waals surface area (Å²) in [6.07, 6.45) is 0.0896. The van der Waals surface area contributed by atoms with Crippen molar-refractivity contribution in [2.45, 2.75) is 39.8 Å². The molecule has 1 atom stereocenters. The van der Waals surface area contributed by atoms with Crippen LogP contribution in [0.1, 0.15) is 42.0 Å². The van der Waals surface area contributed by atoms with Gasteiger partial charge in [-0.1, -0.05) is 30.7 Å². The number of aliphatic hydroxyl groups is 1. The number of hydrogen-bond donors (Lipinski definition) is 1. The Morgan fingerprint density at radius 1 is 1.40 bits per heavy atom. The van der Waals surface area contributed by atoms with Crippen LogP contribution in [-0.4, -0.2) is 14.9 Å². The SMILES string of the molecule is CCC(O)c1c(C)nn(Cc2cccc(Cl)c2F)c1C. The van der Waals surface area contributed by atoms with Gasteiger partial charge in [-0.2, -0.15) is 5.10 Å². The standard InChI is InChI=1S/C15H18ClFN2O/c1-4-13(20)14-9(2)18-19(10(14)3)8-11-6-5-7-12(16)15(11)17/h5-7,13,20H,4,8H2,1-3H3. The van der Waals surface area contributed by atoms with Crippen molar-refractivity contribution >= 4 is 11.6 Å². The van der Waals surface area contributed by atoms with Gasteiger partial charge in [0, 0.05) is 16.8 Å². The third-order valence-electron chi connectivity index (χ3n) is 3.51. The molecule has 1 N–H and O–H groups in total. The van der Waals surface area contributed by atoms with Gasteiger partial charge in [0.2, 0.25) is 0 Å². The first-order valence-corrected chi connectivity index (χ1v) is 6.98. The number of benzene rings is 1. The van der Waals surface area contributed by atoms with E-state index in [-0.39, 0.29) is 5.02 Å². The highest BCUT2D eigenvalue weighted by atomic mass is 35.5. The fourth-order valence-electron chi connectivity index (χ4n) is 2.38. The summed E-state index contributed by atoms with van der Waals surface area (Å²) in [5.41, 5.74) is 2.95. The lowest BCUT2D eigenvalue weighted by molar-refractivity contribution is 0.172. The topological polar surface area (TPSA) is 38.1 Å². The fraction of sp³-hybridized carbons (Fsp3) is 0.400. The van der Waals surface area contributed by atoms with Gasteiger partial charge in [0.1, 0.15) is 5.82 Å². The van der Waals surface area contributed by atoms with Gasteiger partial charge in [0.25, 0.3) is 0 Å². The van der Waals surface area contributed by atoms with Crippen LogP contribution in [0.2, 0.25) is 5.02 Å². The normalized spacial score (nSPS) is 12.7. The van der Waals surface area contributed by atoms with Crippen LogP contribution >= 0.6 is 11.6 Å². The molecule has 0 fully saturated rings. The molecule has 0 bridgehead atoms. The number of aliphatic hydroxyl groups excluding tert-OH is 1. The van der Waals surface area contributed by atoms with E-state index in [0.717, 1.165) is 17.0 Å². The Bertz CT molecular complexity index is 625. The lowest BCUT2D eigenvalue weighted by atomic mass is 10.1. The lowest BCUT2D eigenvalue weighted by Gasteiger charge is -2.10. The highest BCUT2D eigenvalue weighted by molar-refractivity contribution is 6.30. The molecule has 0 saturated carbocycles. The molecule has 5 heteroatoms. The molecular formula is C15H18ClFN2O. The van der Waals surface area contributed by atoms with Crippen LogP contribution in [0.5, 0.6) is 0 Å². The maximum atomic E-state index is 13.9. The van der Waals surface area contributed by atoms with Gasteiger partial charge in [-0.25, -0.2) is 4.39 Å². The first kappa shape index (κ1) is 15.0. The number of aromatic nitrogens is 2. The van der Waals surface area contributed by atoms with Crippen LogP contribution in [0.3, 0.4) is 0 Å². The van der Waals surface area contributed by atoms with E-state index in [4.69, 9.17) is 11.6 Å². The van der Waals surface area contributed by atoms with Gasteiger partial charge in [-0.05, 0) is 26.3 Å². The van der Waals surface area contributed by atoms with E-state index >= 15 is 0 Å². The summed E-state index contributed by atoms with van der Waals surface area (Å²) in [4.78, 5) is 0.